The third-order valence-electron chi connectivity index (χ3n) is 4.91. The smallest absolute Gasteiger partial charge is 0.191 e. The summed E-state index contributed by atoms with van der Waals surface area (Å²) in [6.45, 7) is 4.56. The Labute approximate surface area is 159 Å². The number of guanidine groups is 1. The molecule has 1 heterocycles. The number of aliphatic hydroxyl groups is 1. The summed E-state index contributed by atoms with van der Waals surface area (Å²) in [6.07, 6.45) is 4.29. The fourth-order valence-electron chi connectivity index (χ4n) is 3.28. The number of aryl methyl sites for hydroxylation is 1. The predicted molar refractivity (Wildman–Crippen MR) is 104 cm³/mol. The molecule has 1 aliphatic carbocycles. The van der Waals surface area contributed by atoms with Crippen LogP contribution in [0.25, 0.3) is 0 Å². The fraction of sp³-hybridized carbons (Fsp3) is 0.500. The lowest BCUT2D eigenvalue weighted by Gasteiger charge is -2.25. The van der Waals surface area contributed by atoms with Gasteiger partial charge in [-0.25, -0.2) is 4.39 Å². The molecule has 1 aromatic heterocycles. The van der Waals surface area contributed by atoms with Crippen molar-refractivity contribution in [3.63, 3.8) is 0 Å². The first-order chi connectivity index (χ1) is 13.0. The molecule has 7 heteroatoms. The summed E-state index contributed by atoms with van der Waals surface area (Å²) in [5.74, 6) is 0.334. The number of nitrogens with zero attached hydrogens (tertiary/aromatic N) is 3. The molecule has 2 unspecified atom stereocenters. The second-order valence-electron chi connectivity index (χ2n) is 7.28. The predicted octanol–water partition coefficient (Wildman–Crippen LogP) is 2.36. The first-order valence-electron chi connectivity index (χ1n) is 9.44. The largest absolute Gasteiger partial charge is 0.387 e. The van der Waals surface area contributed by atoms with E-state index in [4.69, 9.17) is 5.10 Å². The average Bonchev–Trinajstić information content (AvgIpc) is 3.09. The van der Waals surface area contributed by atoms with Gasteiger partial charge in [0.1, 0.15) is 5.82 Å². The van der Waals surface area contributed by atoms with Crippen LogP contribution in [0, 0.1) is 5.82 Å². The molecule has 2 aromatic rings. The third-order valence-corrected chi connectivity index (χ3v) is 4.91. The van der Waals surface area contributed by atoms with Gasteiger partial charge in [-0.3, -0.25) is 9.67 Å². The maximum absolute atomic E-state index is 13.0. The van der Waals surface area contributed by atoms with Gasteiger partial charge in [0.15, 0.2) is 5.96 Å². The number of aliphatic imine (C=N–C) groups is 1. The molecule has 0 fully saturated rings. The summed E-state index contributed by atoms with van der Waals surface area (Å²) in [7, 11) is 1.71. The molecule has 1 aliphatic rings. The molecule has 6 nitrogen and oxygen atoms in total. The highest BCUT2D eigenvalue weighted by Gasteiger charge is 2.23. The molecule has 0 aliphatic heterocycles. The van der Waals surface area contributed by atoms with Crippen LogP contribution >= 0.6 is 0 Å². The van der Waals surface area contributed by atoms with Crippen molar-refractivity contribution in [2.75, 3.05) is 13.6 Å². The van der Waals surface area contributed by atoms with E-state index >= 15 is 0 Å². The Kier molecular flexibility index (Phi) is 6.11. The molecule has 0 saturated carbocycles. The van der Waals surface area contributed by atoms with Crippen molar-refractivity contribution in [2.24, 2.45) is 4.99 Å². The monoisotopic (exact) mass is 373 g/mol. The van der Waals surface area contributed by atoms with Crippen molar-refractivity contribution in [3.8, 4) is 0 Å². The van der Waals surface area contributed by atoms with Crippen molar-refractivity contribution < 1.29 is 9.50 Å². The first-order valence-corrected chi connectivity index (χ1v) is 9.44. The molecular formula is C20H28FN5O. The summed E-state index contributed by atoms with van der Waals surface area (Å²) < 4.78 is 15.0. The van der Waals surface area contributed by atoms with Gasteiger partial charge in [0.05, 0.1) is 11.8 Å². The van der Waals surface area contributed by atoms with Gasteiger partial charge in [0.25, 0.3) is 0 Å². The van der Waals surface area contributed by atoms with Crippen molar-refractivity contribution in [1.82, 2.24) is 20.4 Å². The number of aromatic nitrogens is 2. The lowest BCUT2D eigenvalue weighted by atomic mass is 9.94. The van der Waals surface area contributed by atoms with Gasteiger partial charge < -0.3 is 15.7 Å². The van der Waals surface area contributed by atoms with Gasteiger partial charge in [0, 0.05) is 38.3 Å². The van der Waals surface area contributed by atoms with Crippen molar-refractivity contribution in [3.05, 3.63) is 53.1 Å². The van der Waals surface area contributed by atoms with Crippen LogP contribution in [0.2, 0.25) is 0 Å². The number of halogens is 1. The van der Waals surface area contributed by atoms with Crippen LogP contribution in [0.15, 0.2) is 35.5 Å². The second-order valence-corrected chi connectivity index (χ2v) is 7.28. The van der Waals surface area contributed by atoms with Crippen LogP contribution in [0.5, 0.6) is 0 Å². The standard InChI is InChI=1S/C20H28FN5O/c1-13(2)26-12-15-6-9-17(10-18(15)25-26)24-20(22-3)23-11-19(27)14-4-7-16(21)8-5-14/h4-5,7-8,12-13,17,19,27H,6,9-11H2,1-3H3,(H2,22,23,24). The molecule has 0 spiro atoms. The molecule has 1 aromatic carbocycles. The molecule has 0 bridgehead atoms. The highest BCUT2D eigenvalue weighted by atomic mass is 19.1. The SMILES string of the molecule is CN=C(NCC(O)c1ccc(F)cc1)NC1CCc2cn(C(C)C)nc2C1. The van der Waals surface area contributed by atoms with Crippen molar-refractivity contribution in [2.45, 2.75) is 51.3 Å². The van der Waals surface area contributed by atoms with E-state index in [0.29, 0.717) is 24.1 Å². The van der Waals surface area contributed by atoms with Gasteiger partial charge in [-0.05, 0) is 49.9 Å². The lowest BCUT2D eigenvalue weighted by molar-refractivity contribution is 0.180. The number of nitrogens with one attached hydrogen (secondary N) is 2. The number of hydrogen-bond acceptors (Lipinski definition) is 3. The van der Waals surface area contributed by atoms with E-state index < -0.39 is 6.10 Å². The Balaban J connectivity index is 1.53. The molecule has 0 saturated heterocycles. The van der Waals surface area contributed by atoms with E-state index in [1.54, 1.807) is 19.2 Å². The van der Waals surface area contributed by atoms with E-state index in [1.807, 2.05) is 4.68 Å². The first kappa shape index (κ1) is 19.4. The normalized spacial score (nSPS) is 18.3. The summed E-state index contributed by atoms with van der Waals surface area (Å²) in [6, 6.07) is 6.49. The minimum absolute atomic E-state index is 0.252. The number of hydrogen-bond donors (Lipinski definition) is 3. The van der Waals surface area contributed by atoms with Crippen molar-refractivity contribution in [1.29, 1.82) is 0 Å². The highest BCUT2D eigenvalue weighted by molar-refractivity contribution is 5.80. The lowest BCUT2D eigenvalue weighted by Crippen LogP contribution is -2.46. The quantitative estimate of drug-likeness (QED) is 0.556. The molecule has 0 amide bonds. The molecule has 2 atom stereocenters. The van der Waals surface area contributed by atoms with Crippen molar-refractivity contribution >= 4 is 5.96 Å². The topological polar surface area (TPSA) is 74.5 Å². The molecule has 27 heavy (non-hydrogen) atoms. The average molecular weight is 373 g/mol. The molecule has 3 N–H and O–H groups in total. The second kappa shape index (κ2) is 8.52. The minimum Gasteiger partial charge on any atom is -0.387 e. The van der Waals surface area contributed by atoms with Gasteiger partial charge in [-0.2, -0.15) is 5.10 Å². The Hall–Kier alpha value is -2.41. The van der Waals surface area contributed by atoms with Crippen LogP contribution in [-0.2, 0) is 12.8 Å². The highest BCUT2D eigenvalue weighted by Crippen LogP contribution is 2.21. The summed E-state index contributed by atoms with van der Waals surface area (Å²) in [5, 5.41) is 21.5. The minimum atomic E-state index is -0.733. The number of aliphatic hydroxyl groups excluding tert-OH is 1. The van der Waals surface area contributed by atoms with E-state index in [9.17, 15) is 9.50 Å². The Bertz CT molecular complexity index is 784. The zero-order valence-corrected chi connectivity index (χ0v) is 16.1. The number of benzene rings is 1. The zero-order chi connectivity index (χ0) is 19.4. The van der Waals surface area contributed by atoms with E-state index in [2.05, 4.69) is 35.7 Å². The van der Waals surface area contributed by atoms with E-state index in [0.717, 1.165) is 25.0 Å². The third kappa shape index (κ3) is 4.86. The van der Waals surface area contributed by atoms with Crippen LogP contribution in [0.4, 0.5) is 4.39 Å². The maximum Gasteiger partial charge on any atom is 0.191 e. The van der Waals surface area contributed by atoms with Gasteiger partial charge in [-0.15, -0.1) is 0 Å². The van der Waals surface area contributed by atoms with Crippen LogP contribution < -0.4 is 10.6 Å². The fourth-order valence-corrected chi connectivity index (χ4v) is 3.28. The zero-order valence-electron chi connectivity index (χ0n) is 16.1. The summed E-state index contributed by atoms with van der Waals surface area (Å²) in [4.78, 5) is 4.25. The van der Waals surface area contributed by atoms with Gasteiger partial charge >= 0.3 is 0 Å². The van der Waals surface area contributed by atoms with E-state index in [1.165, 1.54) is 17.7 Å². The summed E-state index contributed by atoms with van der Waals surface area (Å²) in [5.41, 5.74) is 3.14. The Morgan fingerprint density at radius 3 is 2.78 bits per heavy atom. The van der Waals surface area contributed by atoms with Crippen LogP contribution in [0.3, 0.4) is 0 Å². The number of fused-ring (bicyclic) bond motifs is 1. The van der Waals surface area contributed by atoms with Crippen LogP contribution in [-0.4, -0.2) is 40.5 Å². The van der Waals surface area contributed by atoms with Crippen LogP contribution in [0.1, 0.15) is 49.2 Å². The van der Waals surface area contributed by atoms with E-state index in [-0.39, 0.29) is 11.9 Å². The Morgan fingerprint density at radius 2 is 2.11 bits per heavy atom. The molecular weight excluding hydrogens is 345 g/mol. The number of rotatable bonds is 5. The summed E-state index contributed by atoms with van der Waals surface area (Å²) >= 11 is 0. The maximum atomic E-state index is 13.0. The molecule has 146 valence electrons. The molecule has 0 radical (unpaired) electrons. The Morgan fingerprint density at radius 1 is 1.37 bits per heavy atom. The molecule has 3 rings (SSSR count). The van der Waals surface area contributed by atoms with Gasteiger partial charge in [0.2, 0.25) is 0 Å². The van der Waals surface area contributed by atoms with Gasteiger partial charge in [-0.1, -0.05) is 12.1 Å².